The van der Waals surface area contributed by atoms with Crippen LogP contribution in [0.1, 0.15) is 18.5 Å². The molecular weight excluding hydrogens is 330 g/mol. The minimum atomic E-state index is 0.229. The average Bonchev–Trinajstić information content (AvgIpc) is 2.48. The van der Waals surface area contributed by atoms with Crippen molar-refractivity contribution in [1.82, 2.24) is 0 Å². The lowest BCUT2D eigenvalue weighted by Crippen LogP contribution is -2.07. The zero-order valence-corrected chi connectivity index (χ0v) is 13.9. The van der Waals surface area contributed by atoms with Crippen LogP contribution in [0.5, 0.6) is 5.75 Å². The number of anilines is 1. The zero-order chi connectivity index (χ0) is 15.1. The Morgan fingerprint density at radius 3 is 2.57 bits per heavy atom. The van der Waals surface area contributed by atoms with E-state index in [1.807, 2.05) is 24.3 Å². The van der Waals surface area contributed by atoms with Crippen LogP contribution in [0, 0.1) is 0 Å². The fourth-order valence-electron chi connectivity index (χ4n) is 2.00. The molecule has 0 saturated heterocycles. The maximum absolute atomic E-state index is 5.62. The lowest BCUT2D eigenvalue weighted by atomic mass is 10.1. The van der Waals surface area contributed by atoms with Gasteiger partial charge in [-0.25, -0.2) is 0 Å². The van der Waals surface area contributed by atoms with Crippen LogP contribution in [-0.4, -0.2) is 20.3 Å². The smallest absolute Gasteiger partial charge is 0.121 e. The topological polar surface area (TPSA) is 30.5 Å². The van der Waals surface area contributed by atoms with Crippen molar-refractivity contribution in [2.75, 3.05) is 25.6 Å². The molecule has 2 aromatic rings. The van der Waals surface area contributed by atoms with Gasteiger partial charge in [-0.3, -0.25) is 0 Å². The number of nitrogens with one attached hydrogen (secondary N) is 1. The molecule has 2 aromatic carbocycles. The molecular formula is C17H20BrNO2. The number of halogens is 1. The van der Waals surface area contributed by atoms with Crippen LogP contribution in [0.3, 0.4) is 0 Å². The van der Waals surface area contributed by atoms with Gasteiger partial charge >= 0.3 is 0 Å². The van der Waals surface area contributed by atoms with Crippen LogP contribution in [0.25, 0.3) is 0 Å². The fraction of sp³-hybridized carbons (Fsp3) is 0.294. The van der Waals surface area contributed by atoms with Gasteiger partial charge in [-0.05, 0) is 36.8 Å². The Labute approximate surface area is 134 Å². The Balaban J connectivity index is 1.98. The summed E-state index contributed by atoms with van der Waals surface area (Å²) in [7, 11) is 1.67. The molecule has 21 heavy (non-hydrogen) atoms. The van der Waals surface area contributed by atoms with Gasteiger partial charge in [0.15, 0.2) is 0 Å². The number of hydrogen-bond acceptors (Lipinski definition) is 3. The van der Waals surface area contributed by atoms with Crippen LogP contribution in [0.15, 0.2) is 53.0 Å². The van der Waals surface area contributed by atoms with E-state index in [0.717, 1.165) is 15.9 Å². The first-order valence-corrected chi connectivity index (χ1v) is 7.72. The van der Waals surface area contributed by atoms with Crippen molar-refractivity contribution in [2.24, 2.45) is 0 Å². The maximum Gasteiger partial charge on any atom is 0.121 e. The minimum Gasteiger partial charge on any atom is -0.491 e. The van der Waals surface area contributed by atoms with E-state index in [1.54, 1.807) is 7.11 Å². The summed E-state index contributed by atoms with van der Waals surface area (Å²) in [5.74, 6) is 0.847. The highest BCUT2D eigenvalue weighted by atomic mass is 79.9. The van der Waals surface area contributed by atoms with Gasteiger partial charge in [-0.15, -0.1) is 0 Å². The molecule has 2 rings (SSSR count). The molecule has 1 unspecified atom stereocenters. The SMILES string of the molecule is COCCOc1cccc(NC(C)c2ccc(Br)cc2)c1. The van der Waals surface area contributed by atoms with Crippen LogP contribution >= 0.6 is 15.9 Å². The van der Waals surface area contributed by atoms with E-state index in [4.69, 9.17) is 9.47 Å². The van der Waals surface area contributed by atoms with Crippen molar-refractivity contribution in [3.05, 3.63) is 58.6 Å². The van der Waals surface area contributed by atoms with Crippen molar-refractivity contribution < 1.29 is 9.47 Å². The molecule has 0 aromatic heterocycles. The highest BCUT2D eigenvalue weighted by Gasteiger charge is 2.05. The Kier molecular flexibility index (Phi) is 6.08. The van der Waals surface area contributed by atoms with E-state index >= 15 is 0 Å². The molecule has 0 aliphatic heterocycles. The molecule has 0 spiro atoms. The Hall–Kier alpha value is -1.52. The van der Waals surface area contributed by atoms with Gasteiger partial charge in [0.2, 0.25) is 0 Å². The number of methoxy groups -OCH3 is 1. The first-order valence-electron chi connectivity index (χ1n) is 6.93. The van der Waals surface area contributed by atoms with Crippen LogP contribution in [-0.2, 0) is 4.74 Å². The number of rotatable bonds is 7. The van der Waals surface area contributed by atoms with E-state index in [9.17, 15) is 0 Å². The van der Waals surface area contributed by atoms with Crippen molar-refractivity contribution in [1.29, 1.82) is 0 Å². The third-order valence-electron chi connectivity index (χ3n) is 3.14. The van der Waals surface area contributed by atoms with Gasteiger partial charge in [0, 0.05) is 29.4 Å². The number of ether oxygens (including phenoxy) is 2. The molecule has 1 atom stereocenters. The predicted octanol–water partition coefficient (Wildman–Crippen LogP) is 4.65. The lowest BCUT2D eigenvalue weighted by molar-refractivity contribution is 0.146. The van der Waals surface area contributed by atoms with Crippen molar-refractivity contribution in [3.8, 4) is 5.75 Å². The van der Waals surface area contributed by atoms with Crippen molar-refractivity contribution in [2.45, 2.75) is 13.0 Å². The quantitative estimate of drug-likeness (QED) is 0.738. The number of benzene rings is 2. The Morgan fingerprint density at radius 2 is 1.86 bits per heavy atom. The first-order chi connectivity index (χ1) is 10.2. The molecule has 0 amide bonds. The Bertz CT molecular complexity index is 557. The summed E-state index contributed by atoms with van der Waals surface area (Å²) in [5, 5.41) is 3.48. The molecule has 1 N–H and O–H groups in total. The molecule has 112 valence electrons. The molecule has 0 fully saturated rings. The van der Waals surface area contributed by atoms with E-state index in [1.165, 1.54) is 5.56 Å². The van der Waals surface area contributed by atoms with Gasteiger partial charge in [-0.2, -0.15) is 0 Å². The normalized spacial score (nSPS) is 12.0. The molecule has 0 saturated carbocycles. The summed E-state index contributed by atoms with van der Waals surface area (Å²) < 4.78 is 11.7. The molecule has 0 bridgehead atoms. The van der Waals surface area contributed by atoms with Crippen LogP contribution in [0.4, 0.5) is 5.69 Å². The van der Waals surface area contributed by atoms with E-state index in [-0.39, 0.29) is 6.04 Å². The highest BCUT2D eigenvalue weighted by molar-refractivity contribution is 9.10. The summed E-state index contributed by atoms with van der Waals surface area (Å²) >= 11 is 3.45. The molecule has 0 heterocycles. The number of hydrogen-bond donors (Lipinski definition) is 1. The van der Waals surface area contributed by atoms with Gasteiger partial charge in [0.25, 0.3) is 0 Å². The zero-order valence-electron chi connectivity index (χ0n) is 12.3. The van der Waals surface area contributed by atoms with Crippen LogP contribution in [0.2, 0.25) is 0 Å². The third-order valence-corrected chi connectivity index (χ3v) is 3.67. The second-order valence-electron chi connectivity index (χ2n) is 4.79. The molecule has 3 nitrogen and oxygen atoms in total. The highest BCUT2D eigenvalue weighted by Crippen LogP contribution is 2.23. The van der Waals surface area contributed by atoms with E-state index < -0.39 is 0 Å². The second-order valence-corrected chi connectivity index (χ2v) is 5.70. The summed E-state index contributed by atoms with van der Waals surface area (Å²) in [6.45, 7) is 3.29. The first kappa shape index (κ1) is 15.9. The summed E-state index contributed by atoms with van der Waals surface area (Å²) in [6.07, 6.45) is 0. The fourth-order valence-corrected chi connectivity index (χ4v) is 2.27. The molecule has 0 aliphatic carbocycles. The Morgan fingerprint density at radius 1 is 1.10 bits per heavy atom. The van der Waals surface area contributed by atoms with Gasteiger partial charge in [0.1, 0.15) is 12.4 Å². The maximum atomic E-state index is 5.62. The summed E-state index contributed by atoms with van der Waals surface area (Å²) in [6, 6.07) is 16.5. The van der Waals surface area contributed by atoms with Crippen molar-refractivity contribution in [3.63, 3.8) is 0 Å². The lowest BCUT2D eigenvalue weighted by Gasteiger charge is -2.16. The molecule has 4 heteroatoms. The van der Waals surface area contributed by atoms with E-state index in [0.29, 0.717) is 13.2 Å². The van der Waals surface area contributed by atoms with E-state index in [2.05, 4.69) is 52.4 Å². The molecule has 0 aliphatic rings. The second kappa shape index (κ2) is 8.05. The monoisotopic (exact) mass is 349 g/mol. The summed E-state index contributed by atoms with van der Waals surface area (Å²) in [4.78, 5) is 0. The van der Waals surface area contributed by atoms with Gasteiger partial charge in [0.05, 0.1) is 6.61 Å². The minimum absolute atomic E-state index is 0.229. The van der Waals surface area contributed by atoms with Crippen LogP contribution < -0.4 is 10.1 Å². The van der Waals surface area contributed by atoms with Gasteiger partial charge < -0.3 is 14.8 Å². The standard InChI is InChI=1S/C17H20BrNO2/c1-13(14-6-8-15(18)9-7-14)19-16-4-3-5-17(12-16)21-11-10-20-2/h3-9,12-13,19H,10-11H2,1-2H3. The average molecular weight is 350 g/mol. The summed E-state index contributed by atoms with van der Waals surface area (Å²) in [5.41, 5.74) is 2.28. The molecule has 0 radical (unpaired) electrons. The third kappa shape index (κ3) is 5.06. The predicted molar refractivity (Wildman–Crippen MR) is 90.0 cm³/mol. The largest absolute Gasteiger partial charge is 0.491 e. The van der Waals surface area contributed by atoms with Gasteiger partial charge in [-0.1, -0.05) is 34.1 Å². The van der Waals surface area contributed by atoms with Crippen molar-refractivity contribution >= 4 is 21.6 Å².